The number of nitrogens with zero attached hydrogens (tertiary/aromatic N) is 1. The highest BCUT2D eigenvalue weighted by molar-refractivity contribution is 7.10. The average molecular weight is 412 g/mol. The second-order valence-corrected chi connectivity index (χ2v) is 9.16. The van der Waals surface area contributed by atoms with Crippen LogP contribution in [-0.4, -0.2) is 31.1 Å². The van der Waals surface area contributed by atoms with Gasteiger partial charge in [-0.25, -0.2) is 0 Å². The maximum absolute atomic E-state index is 13.6. The molecule has 3 aromatic rings. The molecular weight excluding hydrogens is 390 g/mol. The minimum absolute atomic E-state index is 0.0224. The summed E-state index contributed by atoms with van der Waals surface area (Å²) < 4.78 is 11.3. The predicted molar refractivity (Wildman–Crippen MR) is 112 cm³/mol. The summed E-state index contributed by atoms with van der Waals surface area (Å²) in [5.74, 6) is 1.68. The van der Waals surface area contributed by atoms with E-state index in [0.717, 1.165) is 30.0 Å². The number of hydrogen-bond donors (Lipinski definition) is 0. The molecule has 28 heavy (non-hydrogen) atoms. The predicted octanol–water partition coefficient (Wildman–Crippen LogP) is 4.54. The molecular formula is C22H21NO3S2. The molecule has 0 spiro atoms. The second-order valence-electron chi connectivity index (χ2n) is 7.18. The number of carbonyl (C=O) groups excluding carboxylic acids is 1. The van der Waals surface area contributed by atoms with Crippen LogP contribution in [0.25, 0.3) is 0 Å². The van der Waals surface area contributed by atoms with E-state index in [1.807, 2.05) is 18.2 Å². The lowest BCUT2D eigenvalue weighted by Crippen LogP contribution is -2.45. The normalized spacial score (nSPS) is 20.8. The molecule has 0 bridgehead atoms. The molecule has 2 aromatic heterocycles. The number of ether oxygens (including phenoxy) is 2. The van der Waals surface area contributed by atoms with Gasteiger partial charge < -0.3 is 14.4 Å². The molecule has 0 fully saturated rings. The molecule has 0 saturated heterocycles. The zero-order valence-electron chi connectivity index (χ0n) is 15.6. The minimum atomic E-state index is -0.165. The molecule has 6 heteroatoms. The minimum Gasteiger partial charge on any atom is -0.497 e. The summed E-state index contributed by atoms with van der Waals surface area (Å²) in [5.41, 5.74) is 2.33. The lowest BCUT2D eigenvalue weighted by Gasteiger charge is -2.38. The van der Waals surface area contributed by atoms with Gasteiger partial charge in [0.25, 0.3) is 0 Å². The molecule has 1 aromatic carbocycles. The molecule has 2 aliphatic rings. The van der Waals surface area contributed by atoms with Gasteiger partial charge in [-0.15, -0.1) is 22.7 Å². The summed E-state index contributed by atoms with van der Waals surface area (Å²) >= 11 is 3.52. The molecule has 2 atom stereocenters. The molecule has 0 unspecified atom stereocenters. The van der Waals surface area contributed by atoms with Crippen molar-refractivity contribution in [1.82, 2.24) is 4.90 Å². The van der Waals surface area contributed by atoms with Crippen molar-refractivity contribution in [2.24, 2.45) is 5.92 Å². The number of amides is 1. The first kappa shape index (κ1) is 17.8. The number of thiophene rings is 2. The molecule has 2 aliphatic heterocycles. The monoisotopic (exact) mass is 411 g/mol. The van der Waals surface area contributed by atoms with Crippen LogP contribution in [0.15, 0.2) is 47.2 Å². The van der Waals surface area contributed by atoms with E-state index in [2.05, 4.69) is 33.9 Å². The third-order valence-corrected chi connectivity index (χ3v) is 7.51. The fourth-order valence-electron chi connectivity index (χ4n) is 4.20. The third-order valence-electron chi connectivity index (χ3n) is 5.58. The average Bonchev–Trinajstić information content (AvgIpc) is 3.43. The Morgan fingerprint density at radius 2 is 2.14 bits per heavy atom. The Morgan fingerprint density at radius 1 is 1.21 bits per heavy atom. The third kappa shape index (κ3) is 3.01. The lowest BCUT2D eigenvalue weighted by molar-refractivity contribution is -0.139. The van der Waals surface area contributed by atoms with Gasteiger partial charge in [0.2, 0.25) is 5.91 Å². The highest BCUT2D eigenvalue weighted by Crippen LogP contribution is 2.41. The van der Waals surface area contributed by atoms with Crippen LogP contribution in [0.4, 0.5) is 0 Å². The summed E-state index contributed by atoms with van der Waals surface area (Å²) in [6.07, 6.45) is 1.62. The molecule has 5 rings (SSSR count). The van der Waals surface area contributed by atoms with Crippen molar-refractivity contribution < 1.29 is 14.3 Å². The molecule has 4 nitrogen and oxygen atoms in total. The fourth-order valence-corrected chi connectivity index (χ4v) is 5.96. The van der Waals surface area contributed by atoms with Crippen molar-refractivity contribution in [2.75, 3.05) is 20.3 Å². The van der Waals surface area contributed by atoms with Crippen LogP contribution in [-0.2, 0) is 17.6 Å². The maximum atomic E-state index is 13.6. The van der Waals surface area contributed by atoms with Gasteiger partial charge >= 0.3 is 0 Å². The van der Waals surface area contributed by atoms with E-state index >= 15 is 0 Å². The molecule has 144 valence electrons. The molecule has 0 radical (unpaired) electrons. The van der Waals surface area contributed by atoms with Gasteiger partial charge in [-0.2, -0.15) is 0 Å². The highest BCUT2D eigenvalue weighted by Gasteiger charge is 2.38. The van der Waals surface area contributed by atoms with E-state index < -0.39 is 0 Å². The topological polar surface area (TPSA) is 38.8 Å². The van der Waals surface area contributed by atoms with Crippen molar-refractivity contribution in [3.63, 3.8) is 0 Å². The van der Waals surface area contributed by atoms with Gasteiger partial charge in [0.1, 0.15) is 18.1 Å². The molecule has 0 N–H and O–H groups in total. The van der Waals surface area contributed by atoms with Crippen molar-refractivity contribution in [3.05, 3.63) is 68.0 Å². The van der Waals surface area contributed by atoms with Gasteiger partial charge in [-0.1, -0.05) is 6.07 Å². The van der Waals surface area contributed by atoms with Crippen LogP contribution >= 0.6 is 22.7 Å². The number of fused-ring (bicyclic) bond motifs is 2. The van der Waals surface area contributed by atoms with Crippen molar-refractivity contribution in [1.29, 1.82) is 0 Å². The van der Waals surface area contributed by atoms with E-state index in [9.17, 15) is 4.79 Å². The van der Waals surface area contributed by atoms with Crippen molar-refractivity contribution in [2.45, 2.75) is 18.9 Å². The Labute approximate surface area is 172 Å². The Kier molecular flexibility index (Phi) is 4.61. The largest absolute Gasteiger partial charge is 0.497 e. The number of rotatable bonds is 3. The number of carbonyl (C=O) groups is 1. The Bertz CT molecular complexity index is 995. The second kappa shape index (κ2) is 7.26. The van der Waals surface area contributed by atoms with Crippen molar-refractivity contribution >= 4 is 28.6 Å². The van der Waals surface area contributed by atoms with Crippen molar-refractivity contribution in [3.8, 4) is 11.5 Å². The van der Waals surface area contributed by atoms with Gasteiger partial charge in [0.15, 0.2) is 0 Å². The number of benzene rings is 1. The zero-order valence-corrected chi connectivity index (χ0v) is 17.2. The summed E-state index contributed by atoms with van der Waals surface area (Å²) in [5, 5.41) is 4.23. The standard InChI is InChI=1S/C22H21NO3S2/c1-25-16-4-5-18-14(12-16)11-15(13-26-18)22(24)23-8-6-19-17(7-10-28-19)21(23)20-3-2-9-27-20/h2-5,7,9-10,12,15,21H,6,8,11,13H2,1H3/t15-,21-/m0/s1. The summed E-state index contributed by atoms with van der Waals surface area (Å²) in [6, 6.07) is 12.2. The molecule has 1 amide bonds. The van der Waals surface area contributed by atoms with E-state index in [0.29, 0.717) is 13.0 Å². The first-order valence-corrected chi connectivity index (χ1v) is 11.2. The van der Waals surface area contributed by atoms with E-state index in [1.165, 1.54) is 15.3 Å². The van der Waals surface area contributed by atoms with Crippen LogP contribution < -0.4 is 9.47 Å². The summed E-state index contributed by atoms with van der Waals surface area (Å²) in [7, 11) is 1.66. The molecule has 0 saturated carbocycles. The number of methoxy groups -OCH3 is 1. The zero-order chi connectivity index (χ0) is 19.1. The Hall–Kier alpha value is -2.31. The van der Waals surface area contributed by atoms with Crippen LogP contribution in [0.1, 0.15) is 26.9 Å². The quantitative estimate of drug-likeness (QED) is 0.635. The van der Waals surface area contributed by atoms with Gasteiger partial charge in [0, 0.05) is 16.3 Å². The van der Waals surface area contributed by atoms with Gasteiger partial charge in [-0.3, -0.25) is 4.79 Å². The Morgan fingerprint density at radius 3 is 2.96 bits per heavy atom. The summed E-state index contributed by atoms with van der Waals surface area (Å²) in [4.78, 5) is 18.3. The SMILES string of the molecule is COc1ccc2c(c1)C[C@H](C(=O)N1CCc3sccc3[C@H]1c1cccs1)CO2. The van der Waals surface area contributed by atoms with Gasteiger partial charge in [0.05, 0.1) is 19.1 Å². The van der Waals surface area contributed by atoms with E-state index in [1.54, 1.807) is 29.8 Å². The summed E-state index contributed by atoms with van der Waals surface area (Å²) in [6.45, 7) is 1.19. The van der Waals surface area contributed by atoms with Crippen LogP contribution in [0.3, 0.4) is 0 Å². The molecule has 4 heterocycles. The smallest absolute Gasteiger partial charge is 0.230 e. The first-order chi connectivity index (χ1) is 13.7. The highest BCUT2D eigenvalue weighted by atomic mass is 32.1. The van der Waals surface area contributed by atoms with E-state index in [-0.39, 0.29) is 17.9 Å². The fraction of sp³-hybridized carbons (Fsp3) is 0.318. The first-order valence-electron chi connectivity index (χ1n) is 9.44. The Balaban J connectivity index is 1.44. The lowest BCUT2D eigenvalue weighted by atomic mass is 9.92. The number of hydrogen-bond acceptors (Lipinski definition) is 5. The van der Waals surface area contributed by atoms with Crippen LogP contribution in [0.5, 0.6) is 11.5 Å². The van der Waals surface area contributed by atoms with Crippen LogP contribution in [0, 0.1) is 5.92 Å². The molecule has 0 aliphatic carbocycles. The van der Waals surface area contributed by atoms with E-state index in [4.69, 9.17) is 9.47 Å². The van der Waals surface area contributed by atoms with Crippen LogP contribution in [0.2, 0.25) is 0 Å². The maximum Gasteiger partial charge on any atom is 0.230 e. The van der Waals surface area contributed by atoms with Gasteiger partial charge in [-0.05, 0) is 65.1 Å².